The Morgan fingerprint density at radius 1 is 1.19 bits per heavy atom. The number of nitrogens with zero attached hydrogens (tertiary/aromatic N) is 2. The molecule has 1 aromatic heterocycles. The Labute approximate surface area is 198 Å². The molecule has 0 bridgehead atoms. The highest BCUT2D eigenvalue weighted by atomic mass is 35.5. The first-order chi connectivity index (χ1) is 14.9. The van der Waals surface area contributed by atoms with Crippen LogP contribution >= 0.6 is 46.5 Å². The first-order valence-corrected chi connectivity index (χ1v) is 12.3. The van der Waals surface area contributed by atoms with Crippen LogP contribution in [0.4, 0.5) is 0 Å². The van der Waals surface area contributed by atoms with Crippen LogP contribution in [0, 0.1) is 6.92 Å². The fraction of sp³-hybridized carbons (Fsp3) is 0.318. The summed E-state index contributed by atoms with van der Waals surface area (Å²) >= 11 is 15.1. The van der Waals surface area contributed by atoms with Crippen molar-refractivity contribution in [1.29, 1.82) is 0 Å². The lowest BCUT2D eigenvalue weighted by molar-refractivity contribution is -0.154. The highest BCUT2D eigenvalue weighted by Crippen LogP contribution is 2.37. The SMILES string of the molecule is Cc1cc(SCc2nc(-c3ccc(Cl)c(Cl)c3)ns2)ccc1OC1(C(=O)O)CCCC1. The molecular formula is C22H20Cl2N2O3S2. The number of carboxylic acids is 1. The minimum Gasteiger partial charge on any atom is -0.478 e. The number of carbonyl (C=O) groups is 1. The number of benzene rings is 2. The molecule has 0 amide bonds. The molecule has 31 heavy (non-hydrogen) atoms. The maximum atomic E-state index is 11.8. The molecule has 0 aliphatic heterocycles. The first kappa shape index (κ1) is 22.4. The number of carboxylic acid groups (broad SMARTS) is 1. The van der Waals surface area contributed by atoms with Crippen LogP contribution in [-0.4, -0.2) is 26.0 Å². The van der Waals surface area contributed by atoms with Gasteiger partial charge in [0, 0.05) is 10.5 Å². The zero-order valence-corrected chi connectivity index (χ0v) is 19.9. The minimum absolute atomic E-state index is 0.477. The van der Waals surface area contributed by atoms with Gasteiger partial charge in [0.1, 0.15) is 10.8 Å². The van der Waals surface area contributed by atoms with Crippen molar-refractivity contribution >= 4 is 52.5 Å². The average Bonchev–Trinajstić information content (AvgIpc) is 3.41. The fourth-order valence-electron chi connectivity index (χ4n) is 3.55. The number of thioether (sulfide) groups is 1. The number of hydrogen-bond acceptors (Lipinski definition) is 6. The molecule has 0 radical (unpaired) electrons. The van der Waals surface area contributed by atoms with E-state index in [0.717, 1.165) is 33.9 Å². The average molecular weight is 495 g/mol. The van der Waals surface area contributed by atoms with Crippen molar-refractivity contribution in [3.63, 3.8) is 0 Å². The highest BCUT2D eigenvalue weighted by Gasteiger charge is 2.44. The lowest BCUT2D eigenvalue weighted by Crippen LogP contribution is -2.41. The fourth-order valence-corrected chi connectivity index (χ4v) is 5.48. The van der Waals surface area contributed by atoms with Gasteiger partial charge in [-0.15, -0.1) is 11.8 Å². The van der Waals surface area contributed by atoms with Crippen molar-refractivity contribution < 1.29 is 14.6 Å². The van der Waals surface area contributed by atoms with Crippen LogP contribution in [0.15, 0.2) is 41.3 Å². The molecule has 0 saturated heterocycles. The maximum Gasteiger partial charge on any atom is 0.348 e. The van der Waals surface area contributed by atoms with Gasteiger partial charge >= 0.3 is 5.97 Å². The number of rotatable bonds is 7. The summed E-state index contributed by atoms with van der Waals surface area (Å²) in [6.07, 6.45) is 2.86. The summed E-state index contributed by atoms with van der Waals surface area (Å²) in [5, 5.41) is 11.5. The van der Waals surface area contributed by atoms with E-state index < -0.39 is 11.6 Å². The zero-order chi connectivity index (χ0) is 22.0. The van der Waals surface area contributed by atoms with Crippen LogP contribution in [0.3, 0.4) is 0 Å². The molecule has 1 aliphatic carbocycles. The number of aryl methyl sites for hydroxylation is 1. The van der Waals surface area contributed by atoms with E-state index in [1.807, 2.05) is 31.2 Å². The van der Waals surface area contributed by atoms with Crippen LogP contribution in [-0.2, 0) is 10.5 Å². The summed E-state index contributed by atoms with van der Waals surface area (Å²) in [5.74, 6) is 1.07. The Hall–Kier alpha value is -1.80. The van der Waals surface area contributed by atoms with E-state index >= 15 is 0 Å². The second-order valence-corrected chi connectivity index (χ2v) is 10.2. The number of hydrogen-bond donors (Lipinski definition) is 1. The summed E-state index contributed by atoms with van der Waals surface area (Å²) < 4.78 is 10.4. The molecule has 162 valence electrons. The van der Waals surface area contributed by atoms with Gasteiger partial charge in [-0.2, -0.15) is 4.37 Å². The van der Waals surface area contributed by atoms with Gasteiger partial charge in [-0.25, -0.2) is 9.78 Å². The summed E-state index contributed by atoms with van der Waals surface area (Å²) in [6.45, 7) is 1.94. The van der Waals surface area contributed by atoms with Gasteiger partial charge < -0.3 is 9.84 Å². The number of ether oxygens (including phenoxy) is 1. The van der Waals surface area contributed by atoms with E-state index in [9.17, 15) is 9.90 Å². The van der Waals surface area contributed by atoms with E-state index in [1.165, 1.54) is 11.5 Å². The van der Waals surface area contributed by atoms with Crippen molar-refractivity contribution in [1.82, 2.24) is 9.36 Å². The third-order valence-corrected chi connectivity index (χ3v) is 7.90. The van der Waals surface area contributed by atoms with Crippen molar-refractivity contribution in [2.75, 3.05) is 0 Å². The molecule has 4 rings (SSSR count). The van der Waals surface area contributed by atoms with Crippen LogP contribution in [0.25, 0.3) is 11.4 Å². The van der Waals surface area contributed by atoms with Gasteiger partial charge in [0.25, 0.3) is 0 Å². The Morgan fingerprint density at radius 2 is 1.97 bits per heavy atom. The third kappa shape index (κ3) is 5.00. The minimum atomic E-state index is -1.09. The summed E-state index contributed by atoms with van der Waals surface area (Å²) in [5.41, 5.74) is 0.664. The van der Waals surface area contributed by atoms with E-state index in [1.54, 1.807) is 23.9 Å². The molecule has 0 unspecified atom stereocenters. The smallest absolute Gasteiger partial charge is 0.348 e. The Balaban J connectivity index is 1.41. The summed E-state index contributed by atoms with van der Waals surface area (Å²) in [4.78, 5) is 17.4. The van der Waals surface area contributed by atoms with Gasteiger partial charge in [0.05, 0.1) is 15.8 Å². The van der Waals surface area contributed by atoms with Gasteiger partial charge in [-0.05, 0) is 86.1 Å². The molecule has 5 nitrogen and oxygen atoms in total. The van der Waals surface area contributed by atoms with Crippen LogP contribution < -0.4 is 4.74 Å². The summed E-state index contributed by atoms with van der Waals surface area (Å²) in [7, 11) is 0. The maximum absolute atomic E-state index is 11.8. The standard InChI is InChI=1S/C22H20Cl2N2O3S2/c1-13-10-15(5-7-18(13)29-22(21(27)28)8-2-3-9-22)30-12-19-25-20(26-31-19)14-4-6-16(23)17(24)11-14/h4-7,10-11H,2-3,8-9,12H2,1H3,(H,27,28). The van der Waals surface area contributed by atoms with Gasteiger partial charge in [-0.3, -0.25) is 0 Å². The predicted molar refractivity (Wildman–Crippen MR) is 126 cm³/mol. The van der Waals surface area contributed by atoms with Crippen LogP contribution in [0.5, 0.6) is 5.75 Å². The third-order valence-electron chi connectivity index (χ3n) is 5.26. The lowest BCUT2D eigenvalue weighted by atomic mass is 10.0. The first-order valence-electron chi connectivity index (χ1n) is 9.80. The predicted octanol–water partition coefficient (Wildman–Crippen LogP) is 6.89. The molecule has 3 aromatic rings. The number of aliphatic carboxylic acids is 1. The molecule has 0 spiro atoms. The lowest BCUT2D eigenvalue weighted by Gasteiger charge is -2.26. The van der Waals surface area contributed by atoms with E-state index in [2.05, 4.69) is 9.36 Å². The Kier molecular flexibility index (Phi) is 6.77. The molecule has 1 saturated carbocycles. The summed E-state index contributed by atoms with van der Waals surface area (Å²) in [6, 6.07) is 11.2. The molecule has 1 fully saturated rings. The molecule has 9 heteroatoms. The molecule has 0 atom stereocenters. The molecular weight excluding hydrogens is 475 g/mol. The van der Waals surface area contributed by atoms with Crippen molar-refractivity contribution in [2.24, 2.45) is 0 Å². The topological polar surface area (TPSA) is 72.3 Å². The zero-order valence-electron chi connectivity index (χ0n) is 16.7. The van der Waals surface area contributed by atoms with Crippen molar-refractivity contribution in [3.05, 3.63) is 57.0 Å². The van der Waals surface area contributed by atoms with Gasteiger partial charge in [0.15, 0.2) is 5.82 Å². The van der Waals surface area contributed by atoms with E-state index in [4.69, 9.17) is 27.9 Å². The van der Waals surface area contributed by atoms with Crippen LogP contribution in [0.2, 0.25) is 10.0 Å². The molecule has 1 aliphatic rings. The van der Waals surface area contributed by atoms with Crippen molar-refractivity contribution in [3.8, 4) is 17.1 Å². The largest absolute Gasteiger partial charge is 0.478 e. The normalized spacial score (nSPS) is 15.2. The Morgan fingerprint density at radius 3 is 2.65 bits per heavy atom. The molecule has 1 heterocycles. The second-order valence-electron chi connectivity index (χ2n) is 7.47. The number of aromatic nitrogens is 2. The molecule has 2 aromatic carbocycles. The monoisotopic (exact) mass is 494 g/mol. The second kappa shape index (κ2) is 9.36. The van der Waals surface area contributed by atoms with Gasteiger partial charge in [0.2, 0.25) is 5.60 Å². The van der Waals surface area contributed by atoms with E-state index in [-0.39, 0.29) is 0 Å². The quantitative estimate of drug-likeness (QED) is 0.360. The van der Waals surface area contributed by atoms with Crippen molar-refractivity contribution in [2.45, 2.75) is 48.9 Å². The van der Waals surface area contributed by atoms with Gasteiger partial charge in [-0.1, -0.05) is 23.2 Å². The Bertz CT molecular complexity index is 1110. The highest BCUT2D eigenvalue weighted by molar-refractivity contribution is 7.98. The van der Waals surface area contributed by atoms with E-state index in [0.29, 0.717) is 40.2 Å². The number of halogens is 2. The molecule has 1 N–H and O–H groups in total. The van der Waals surface area contributed by atoms with Crippen LogP contribution in [0.1, 0.15) is 36.3 Å².